The smallest absolute Gasteiger partial charge is 0.421 e. The van der Waals surface area contributed by atoms with Gasteiger partial charge in [-0.1, -0.05) is 30.3 Å². The number of rotatable bonds is 3. The van der Waals surface area contributed by atoms with Crippen LogP contribution in [0, 0.1) is 0 Å². The lowest BCUT2D eigenvalue weighted by molar-refractivity contribution is -0.144. The first-order chi connectivity index (χ1) is 10.8. The van der Waals surface area contributed by atoms with Gasteiger partial charge in [-0.3, -0.25) is 0 Å². The van der Waals surface area contributed by atoms with E-state index in [0.717, 1.165) is 5.32 Å². The topological polar surface area (TPSA) is 67.4 Å². The van der Waals surface area contributed by atoms with Crippen LogP contribution in [-0.2, 0) is 0 Å². The van der Waals surface area contributed by atoms with Crippen molar-refractivity contribution in [3.63, 3.8) is 0 Å². The van der Waals surface area contributed by atoms with Gasteiger partial charge in [0.15, 0.2) is 5.75 Å². The molecule has 23 heavy (non-hydrogen) atoms. The highest BCUT2D eigenvalue weighted by molar-refractivity contribution is 5.94. The average molecular weight is 324 g/mol. The number of carbonyl (C=O) groups excluding carboxylic acids is 2. The molecule has 0 heterocycles. The predicted octanol–water partition coefficient (Wildman–Crippen LogP) is 3.55. The van der Waals surface area contributed by atoms with E-state index in [-0.39, 0.29) is 17.0 Å². The van der Waals surface area contributed by atoms with Gasteiger partial charge in [0.05, 0.1) is 11.3 Å². The summed E-state index contributed by atoms with van der Waals surface area (Å²) in [5, 5.41) is 2.77. The molecule has 0 saturated carbocycles. The Morgan fingerprint density at radius 3 is 2.17 bits per heavy atom. The van der Waals surface area contributed by atoms with Crippen molar-refractivity contribution < 1.29 is 27.5 Å². The van der Waals surface area contributed by atoms with E-state index in [1.54, 1.807) is 18.2 Å². The van der Waals surface area contributed by atoms with Gasteiger partial charge >= 0.3 is 18.3 Å². The summed E-state index contributed by atoms with van der Waals surface area (Å²) in [6, 6.07) is 12.2. The highest BCUT2D eigenvalue weighted by Crippen LogP contribution is 2.25. The Bertz CT molecular complexity index is 703. The lowest BCUT2D eigenvalue weighted by atomic mass is 10.2. The molecule has 0 aliphatic carbocycles. The van der Waals surface area contributed by atoms with Crippen LogP contribution in [0.5, 0.6) is 5.75 Å². The zero-order valence-corrected chi connectivity index (χ0v) is 11.6. The molecule has 2 amide bonds. The number of urea groups is 1. The molecule has 0 aromatic heterocycles. The Kier molecular flexibility index (Phi) is 4.85. The zero-order valence-electron chi connectivity index (χ0n) is 11.6. The zero-order chi connectivity index (χ0) is 16.9. The molecular weight excluding hydrogens is 313 g/mol. The Hall–Kier alpha value is -3.03. The maximum absolute atomic E-state index is 12.1. The molecule has 2 aromatic carbocycles. The van der Waals surface area contributed by atoms with Gasteiger partial charge in [-0.2, -0.15) is 13.2 Å². The summed E-state index contributed by atoms with van der Waals surface area (Å²) in [5.41, 5.74) is 0.195. The Morgan fingerprint density at radius 1 is 0.913 bits per heavy atom. The fraction of sp³-hybridized carbons (Fsp3) is 0.0667. The fourth-order valence-electron chi connectivity index (χ4n) is 1.67. The molecule has 0 radical (unpaired) electrons. The molecule has 5 nitrogen and oxygen atoms in total. The normalized spacial score (nSPS) is 10.7. The minimum Gasteiger partial charge on any atom is -0.421 e. The Balaban J connectivity index is 2.12. The second-order valence-electron chi connectivity index (χ2n) is 4.33. The van der Waals surface area contributed by atoms with Crippen LogP contribution in [-0.4, -0.2) is 18.3 Å². The number of carbonyl (C=O) groups is 2. The summed E-state index contributed by atoms with van der Waals surface area (Å²) in [7, 11) is 0. The number of amides is 2. The van der Waals surface area contributed by atoms with E-state index in [0.29, 0.717) is 0 Å². The molecule has 8 heteroatoms. The van der Waals surface area contributed by atoms with Crippen molar-refractivity contribution >= 4 is 17.7 Å². The van der Waals surface area contributed by atoms with Crippen LogP contribution in [0.15, 0.2) is 54.6 Å². The number of hydrogen-bond donors (Lipinski definition) is 2. The standard InChI is InChI=1S/C15H11F3N2O3/c16-15(17,18)20-14(22)19-11-8-4-5-9-12(11)23-13(21)10-6-2-1-3-7-10/h1-9H,(H2,19,20,22). The number of para-hydroxylation sites is 2. The van der Waals surface area contributed by atoms with E-state index in [2.05, 4.69) is 0 Å². The highest BCUT2D eigenvalue weighted by atomic mass is 19.4. The molecule has 0 spiro atoms. The Labute approximate surface area is 129 Å². The van der Waals surface area contributed by atoms with E-state index in [1.807, 2.05) is 5.32 Å². The number of halogens is 3. The van der Waals surface area contributed by atoms with Crippen LogP contribution in [0.25, 0.3) is 0 Å². The molecular formula is C15H11F3N2O3. The number of hydrogen-bond acceptors (Lipinski definition) is 3. The van der Waals surface area contributed by atoms with Crippen LogP contribution >= 0.6 is 0 Å². The Morgan fingerprint density at radius 2 is 1.52 bits per heavy atom. The molecule has 0 atom stereocenters. The van der Waals surface area contributed by atoms with Crippen LogP contribution in [0.3, 0.4) is 0 Å². The SMILES string of the molecule is O=C(Nc1ccccc1OC(=O)c1ccccc1)NC(F)(F)F. The van der Waals surface area contributed by atoms with Crippen LogP contribution < -0.4 is 15.4 Å². The molecule has 0 saturated heterocycles. The molecule has 0 bridgehead atoms. The van der Waals surface area contributed by atoms with Crippen LogP contribution in [0.4, 0.5) is 23.7 Å². The number of ether oxygens (including phenoxy) is 1. The maximum atomic E-state index is 12.1. The largest absolute Gasteiger partial charge is 0.485 e. The van der Waals surface area contributed by atoms with Crippen molar-refractivity contribution in [3.05, 3.63) is 60.2 Å². The van der Waals surface area contributed by atoms with Crippen LogP contribution in [0.1, 0.15) is 10.4 Å². The first kappa shape index (κ1) is 16.3. The second-order valence-corrected chi connectivity index (χ2v) is 4.33. The number of alkyl halides is 3. The van der Waals surface area contributed by atoms with Crippen molar-refractivity contribution in [2.45, 2.75) is 6.30 Å². The van der Waals surface area contributed by atoms with E-state index in [4.69, 9.17) is 4.74 Å². The van der Waals surface area contributed by atoms with E-state index in [9.17, 15) is 22.8 Å². The van der Waals surface area contributed by atoms with Crippen LogP contribution in [0.2, 0.25) is 0 Å². The first-order valence-electron chi connectivity index (χ1n) is 6.37. The van der Waals surface area contributed by atoms with Crippen molar-refractivity contribution in [2.75, 3.05) is 5.32 Å². The van der Waals surface area contributed by atoms with Crippen molar-refractivity contribution in [2.24, 2.45) is 0 Å². The molecule has 2 rings (SSSR count). The van der Waals surface area contributed by atoms with Crippen molar-refractivity contribution in [3.8, 4) is 5.75 Å². The number of benzene rings is 2. The monoisotopic (exact) mass is 324 g/mol. The lowest BCUT2D eigenvalue weighted by Crippen LogP contribution is -2.40. The van der Waals surface area contributed by atoms with Gasteiger partial charge in [0.1, 0.15) is 0 Å². The van der Waals surface area contributed by atoms with Gasteiger partial charge < -0.3 is 10.1 Å². The summed E-state index contributed by atoms with van der Waals surface area (Å²) < 4.78 is 41.4. The van der Waals surface area contributed by atoms with Gasteiger partial charge in [-0.05, 0) is 24.3 Å². The van der Waals surface area contributed by atoms with Gasteiger partial charge in [0, 0.05) is 0 Å². The minimum absolute atomic E-state index is 0.0707. The van der Waals surface area contributed by atoms with Gasteiger partial charge in [0.2, 0.25) is 0 Å². The predicted molar refractivity (Wildman–Crippen MR) is 76.1 cm³/mol. The van der Waals surface area contributed by atoms with Crippen molar-refractivity contribution in [1.29, 1.82) is 0 Å². The average Bonchev–Trinajstić information content (AvgIpc) is 2.48. The third-order valence-corrected chi connectivity index (χ3v) is 2.60. The minimum atomic E-state index is -4.86. The number of anilines is 1. The molecule has 0 unspecified atom stereocenters. The molecule has 0 aliphatic heterocycles. The first-order valence-corrected chi connectivity index (χ1v) is 6.37. The summed E-state index contributed by atoms with van der Waals surface area (Å²) in [6.45, 7) is 0. The summed E-state index contributed by atoms with van der Waals surface area (Å²) in [4.78, 5) is 23.2. The third-order valence-electron chi connectivity index (χ3n) is 2.60. The summed E-state index contributed by atoms with van der Waals surface area (Å²) in [5.74, 6) is -0.769. The molecule has 0 aliphatic rings. The summed E-state index contributed by atoms with van der Waals surface area (Å²) >= 11 is 0. The highest BCUT2D eigenvalue weighted by Gasteiger charge is 2.30. The van der Waals surface area contributed by atoms with Crippen molar-refractivity contribution in [1.82, 2.24) is 5.32 Å². The van der Waals surface area contributed by atoms with Gasteiger partial charge in [-0.15, -0.1) is 0 Å². The second kappa shape index (κ2) is 6.82. The maximum Gasteiger partial charge on any atom is 0.485 e. The van der Waals surface area contributed by atoms with Gasteiger partial charge in [-0.25, -0.2) is 14.9 Å². The molecule has 2 aromatic rings. The quantitative estimate of drug-likeness (QED) is 0.515. The van der Waals surface area contributed by atoms with Gasteiger partial charge in [0.25, 0.3) is 0 Å². The molecule has 2 N–H and O–H groups in total. The summed E-state index contributed by atoms with van der Waals surface area (Å²) in [6.07, 6.45) is -4.86. The molecule has 120 valence electrons. The number of nitrogens with one attached hydrogen (secondary N) is 2. The lowest BCUT2D eigenvalue weighted by Gasteiger charge is -2.13. The molecule has 0 fully saturated rings. The van der Waals surface area contributed by atoms with E-state index >= 15 is 0 Å². The number of esters is 1. The van der Waals surface area contributed by atoms with E-state index in [1.165, 1.54) is 36.4 Å². The third kappa shape index (κ3) is 5.03. The van der Waals surface area contributed by atoms with E-state index < -0.39 is 18.3 Å². The fourth-order valence-corrected chi connectivity index (χ4v) is 1.67.